The topological polar surface area (TPSA) is 99.9 Å². The van der Waals surface area contributed by atoms with Crippen molar-refractivity contribution in [2.24, 2.45) is 5.92 Å². The van der Waals surface area contributed by atoms with E-state index >= 15 is 0 Å². The van der Waals surface area contributed by atoms with Crippen molar-refractivity contribution >= 4 is 10.0 Å². The Kier molecular flexibility index (Phi) is 6.53. The summed E-state index contributed by atoms with van der Waals surface area (Å²) in [4.78, 5) is 12.4. The van der Waals surface area contributed by atoms with Crippen LogP contribution in [0.15, 0.2) is 39.7 Å². The van der Waals surface area contributed by atoms with Gasteiger partial charge in [0.05, 0.1) is 18.4 Å². The number of ether oxygens (including phenoxy) is 1. The van der Waals surface area contributed by atoms with Crippen molar-refractivity contribution in [2.75, 3.05) is 26.0 Å². The van der Waals surface area contributed by atoms with Gasteiger partial charge in [0.15, 0.2) is 5.76 Å². The molecule has 1 aromatic heterocycles. The summed E-state index contributed by atoms with van der Waals surface area (Å²) in [6.07, 6.45) is -0.943. The Hall–Kier alpha value is -2.41. The van der Waals surface area contributed by atoms with Gasteiger partial charge in [-0.1, -0.05) is 6.07 Å². The highest BCUT2D eigenvalue weighted by Crippen LogP contribution is 2.36. The lowest BCUT2D eigenvalue weighted by Gasteiger charge is -2.37. The van der Waals surface area contributed by atoms with Crippen LogP contribution >= 0.6 is 0 Å². The third kappa shape index (κ3) is 5.62. The molecule has 1 fully saturated rings. The van der Waals surface area contributed by atoms with E-state index in [4.69, 9.17) is 9.15 Å². The number of hydroxylamine groups is 3. The van der Waals surface area contributed by atoms with Crippen molar-refractivity contribution in [2.45, 2.75) is 38.7 Å². The quantitative estimate of drug-likeness (QED) is 0.444. The zero-order valence-corrected chi connectivity index (χ0v) is 19.3. The molecule has 3 heterocycles. The van der Waals surface area contributed by atoms with Gasteiger partial charge >= 0.3 is 6.18 Å². The fraction of sp³-hybridized carbons (Fsp3) is 0.500. The molecule has 0 radical (unpaired) electrons. The Balaban J connectivity index is 1.35. The average molecular weight is 503 g/mol. The maximum Gasteiger partial charge on any atom is 0.416 e. The number of alkyl halides is 3. The second kappa shape index (κ2) is 8.99. The number of rotatable bonds is 6. The molecule has 1 aromatic carbocycles. The standard InChI is InChI=1S/C22H25F3N2O6S/c1-34(30,31)26-6-4-15(5-7-26)13-33-21-14-32-19(9-20(21)28)12-27(29)10-16-2-3-18(22(23,24)25)8-17(16)11-27/h2-3,8-9,14-15H,4-7,10-13H2,1H3. The summed E-state index contributed by atoms with van der Waals surface area (Å²) in [6, 6.07) is 4.46. The first-order chi connectivity index (χ1) is 15.8. The Bertz CT molecular complexity index is 1220. The summed E-state index contributed by atoms with van der Waals surface area (Å²) in [7, 11) is -3.22. The molecule has 0 bridgehead atoms. The third-order valence-electron chi connectivity index (χ3n) is 6.26. The van der Waals surface area contributed by atoms with E-state index in [1.807, 2.05) is 0 Å². The van der Waals surface area contributed by atoms with Crippen LogP contribution in [0.5, 0.6) is 5.75 Å². The highest BCUT2D eigenvalue weighted by atomic mass is 32.2. The van der Waals surface area contributed by atoms with Gasteiger partial charge in [0.1, 0.15) is 25.9 Å². The van der Waals surface area contributed by atoms with E-state index in [0.717, 1.165) is 18.4 Å². The predicted molar refractivity (Wildman–Crippen MR) is 116 cm³/mol. The van der Waals surface area contributed by atoms with Crippen LogP contribution in [0.25, 0.3) is 0 Å². The van der Waals surface area contributed by atoms with Crippen LogP contribution < -0.4 is 10.2 Å². The molecule has 2 aliphatic heterocycles. The van der Waals surface area contributed by atoms with E-state index in [2.05, 4.69) is 0 Å². The SMILES string of the molecule is CS(=O)(=O)N1CCC(COc2coc(C[N+]3([O-])Cc4ccc(C(F)(F)F)cc4C3)cc2=O)CC1. The largest absolute Gasteiger partial charge is 0.632 e. The summed E-state index contributed by atoms with van der Waals surface area (Å²) in [5.74, 6) is 0.209. The van der Waals surface area contributed by atoms with Crippen molar-refractivity contribution < 1.29 is 35.4 Å². The van der Waals surface area contributed by atoms with Gasteiger partial charge in [-0.05, 0) is 30.9 Å². The first-order valence-electron chi connectivity index (χ1n) is 10.8. The van der Waals surface area contributed by atoms with Crippen molar-refractivity contribution in [3.8, 4) is 5.75 Å². The number of hydrogen-bond donors (Lipinski definition) is 0. The zero-order valence-electron chi connectivity index (χ0n) is 18.5. The normalized spacial score (nSPS) is 22.0. The number of fused-ring (bicyclic) bond motifs is 1. The number of quaternary nitrogens is 1. The Morgan fingerprint density at radius 2 is 1.85 bits per heavy atom. The van der Waals surface area contributed by atoms with Gasteiger partial charge < -0.3 is 19.0 Å². The molecule has 1 saturated heterocycles. The van der Waals surface area contributed by atoms with E-state index in [0.29, 0.717) is 37.1 Å². The van der Waals surface area contributed by atoms with Gasteiger partial charge in [0, 0.05) is 30.3 Å². The van der Waals surface area contributed by atoms with E-state index in [1.165, 1.54) is 22.7 Å². The lowest BCUT2D eigenvalue weighted by Crippen LogP contribution is -2.39. The number of piperidine rings is 1. The van der Waals surface area contributed by atoms with E-state index < -0.39 is 31.8 Å². The number of benzene rings is 1. The first kappa shape index (κ1) is 24.7. The molecule has 1 atom stereocenters. The highest BCUT2D eigenvalue weighted by Gasteiger charge is 2.35. The zero-order chi connectivity index (χ0) is 24.7. The van der Waals surface area contributed by atoms with Gasteiger partial charge in [0.2, 0.25) is 21.2 Å². The molecule has 0 amide bonds. The summed E-state index contributed by atoms with van der Waals surface area (Å²) in [5, 5.41) is 13.1. The Morgan fingerprint density at radius 3 is 2.47 bits per heavy atom. The fourth-order valence-electron chi connectivity index (χ4n) is 4.42. The van der Waals surface area contributed by atoms with Crippen LogP contribution in [0, 0.1) is 11.1 Å². The summed E-state index contributed by atoms with van der Waals surface area (Å²) >= 11 is 0. The van der Waals surface area contributed by atoms with Gasteiger partial charge in [-0.2, -0.15) is 13.2 Å². The monoisotopic (exact) mass is 502 g/mol. The summed E-state index contributed by atoms with van der Waals surface area (Å²) in [6.45, 7) is 0.679. The number of halogens is 3. The Morgan fingerprint density at radius 1 is 1.18 bits per heavy atom. The third-order valence-corrected chi connectivity index (χ3v) is 7.57. The molecule has 4 rings (SSSR count). The van der Waals surface area contributed by atoms with Crippen LogP contribution in [0.4, 0.5) is 13.2 Å². The Labute approximate surface area is 194 Å². The minimum Gasteiger partial charge on any atom is -0.632 e. The number of hydrogen-bond acceptors (Lipinski definition) is 6. The van der Waals surface area contributed by atoms with E-state index in [1.54, 1.807) is 0 Å². The fourth-order valence-corrected chi connectivity index (χ4v) is 5.29. The molecule has 8 nitrogen and oxygen atoms in total. The second-order valence-corrected chi connectivity index (χ2v) is 11.0. The molecule has 0 saturated carbocycles. The molecule has 186 valence electrons. The summed E-state index contributed by atoms with van der Waals surface area (Å²) < 4.78 is 73.6. The number of sulfonamides is 1. The van der Waals surface area contributed by atoms with Gasteiger partial charge in [-0.25, -0.2) is 12.7 Å². The lowest BCUT2D eigenvalue weighted by atomic mass is 9.99. The highest BCUT2D eigenvalue weighted by molar-refractivity contribution is 7.88. The molecule has 0 N–H and O–H groups in total. The van der Waals surface area contributed by atoms with Gasteiger partial charge in [-0.15, -0.1) is 0 Å². The van der Waals surface area contributed by atoms with Crippen molar-refractivity contribution in [3.63, 3.8) is 0 Å². The van der Waals surface area contributed by atoms with Crippen molar-refractivity contribution in [1.29, 1.82) is 0 Å². The molecule has 0 aliphatic carbocycles. The van der Waals surface area contributed by atoms with Gasteiger partial charge in [0.25, 0.3) is 0 Å². The minimum absolute atomic E-state index is 0.00808. The molecular formula is C22H25F3N2O6S. The average Bonchev–Trinajstić information content (AvgIpc) is 3.07. The van der Waals surface area contributed by atoms with Crippen LogP contribution in [-0.4, -0.2) is 43.3 Å². The van der Waals surface area contributed by atoms with Crippen molar-refractivity contribution in [1.82, 2.24) is 4.31 Å². The molecule has 34 heavy (non-hydrogen) atoms. The molecule has 1 unspecified atom stereocenters. The van der Waals surface area contributed by atoms with Crippen LogP contribution in [-0.2, 0) is 35.8 Å². The lowest BCUT2D eigenvalue weighted by molar-refractivity contribution is -0.914. The molecule has 2 aliphatic rings. The van der Waals surface area contributed by atoms with Crippen LogP contribution in [0.2, 0.25) is 0 Å². The van der Waals surface area contributed by atoms with Gasteiger partial charge in [-0.3, -0.25) is 4.79 Å². The molecular weight excluding hydrogens is 477 g/mol. The molecule has 0 spiro atoms. The van der Waals surface area contributed by atoms with Crippen LogP contribution in [0.1, 0.15) is 35.3 Å². The smallest absolute Gasteiger partial charge is 0.416 e. The summed E-state index contributed by atoms with van der Waals surface area (Å²) in [5.41, 5.74) is -0.367. The van der Waals surface area contributed by atoms with E-state index in [-0.39, 0.29) is 43.7 Å². The maximum atomic E-state index is 13.1. The first-order valence-corrected chi connectivity index (χ1v) is 12.6. The molecule has 2 aromatic rings. The maximum absolute atomic E-state index is 13.1. The second-order valence-electron chi connectivity index (χ2n) is 9.00. The predicted octanol–water partition coefficient (Wildman–Crippen LogP) is 3.24. The molecule has 12 heteroatoms. The van der Waals surface area contributed by atoms with Crippen LogP contribution in [0.3, 0.4) is 0 Å². The van der Waals surface area contributed by atoms with Crippen molar-refractivity contribution in [3.05, 3.63) is 68.4 Å². The van der Waals surface area contributed by atoms with E-state index in [9.17, 15) is 31.6 Å². The minimum atomic E-state index is -4.48. The number of nitrogens with zero attached hydrogens (tertiary/aromatic N) is 2.